The van der Waals surface area contributed by atoms with Crippen LogP contribution in [0.1, 0.15) is 26.4 Å². The summed E-state index contributed by atoms with van der Waals surface area (Å²) in [5.74, 6) is -1.26. The van der Waals surface area contributed by atoms with Crippen LogP contribution in [0.5, 0.6) is 5.75 Å². The molecular formula is C33H28F2N4O6S. The fourth-order valence-corrected chi connectivity index (χ4v) is 5.74. The molecule has 6 rings (SSSR count). The molecule has 1 aliphatic rings. The van der Waals surface area contributed by atoms with Gasteiger partial charge in [0.2, 0.25) is 10.0 Å². The number of fused-ring (bicyclic) bond motifs is 2. The van der Waals surface area contributed by atoms with E-state index in [4.69, 9.17) is 9.15 Å². The van der Waals surface area contributed by atoms with Crippen LogP contribution in [0.25, 0.3) is 33.6 Å². The normalized spacial score (nSPS) is 13.0. The second kappa shape index (κ2) is 11.9. The highest BCUT2D eigenvalue weighted by Crippen LogP contribution is 2.41. The summed E-state index contributed by atoms with van der Waals surface area (Å²) in [5.41, 5.74) is 2.40. The standard InChI is InChI=1S/C33H28F2N4O6S/c1-36-32(40)29-24-16-23(26(38(2)46(3,42)43)17-28(24)45-31(29)20-6-10-22(35)11-7-20)25-12-13-27-30(37-25)33(41)39(18-44-27)15-14-19-4-8-21(34)9-5-19/h4-13,16-17H,14-15,18H2,1-3H3,(H,36,40). The summed E-state index contributed by atoms with van der Waals surface area (Å²) in [6, 6.07) is 17.7. The fourth-order valence-electron chi connectivity index (χ4n) is 5.23. The summed E-state index contributed by atoms with van der Waals surface area (Å²) in [6.45, 7) is 0.291. The SMILES string of the molecule is CNC(=O)c1c(-c2ccc(F)cc2)oc2cc(N(C)S(C)(=O)=O)c(-c3ccc4c(n3)C(=O)N(CCc3ccc(F)cc3)CO4)cc12. The molecule has 0 bridgehead atoms. The highest BCUT2D eigenvalue weighted by atomic mass is 32.2. The first kappa shape index (κ1) is 30.7. The topological polar surface area (TPSA) is 122 Å². The van der Waals surface area contributed by atoms with Gasteiger partial charge in [0, 0.05) is 43.2 Å². The number of furan rings is 1. The van der Waals surface area contributed by atoms with Crippen molar-refractivity contribution in [2.24, 2.45) is 0 Å². The lowest BCUT2D eigenvalue weighted by atomic mass is 10.0. The lowest BCUT2D eigenvalue weighted by molar-refractivity contribution is 0.0515. The van der Waals surface area contributed by atoms with Crippen LogP contribution in [0.2, 0.25) is 0 Å². The molecule has 10 nitrogen and oxygen atoms in total. The predicted molar refractivity (Wildman–Crippen MR) is 168 cm³/mol. The number of ether oxygens (including phenoxy) is 1. The maximum Gasteiger partial charge on any atom is 0.278 e. The molecule has 46 heavy (non-hydrogen) atoms. The molecule has 2 amide bonds. The van der Waals surface area contributed by atoms with E-state index in [2.05, 4.69) is 10.3 Å². The minimum Gasteiger partial charge on any atom is -0.471 e. The van der Waals surface area contributed by atoms with Crippen molar-refractivity contribution in [3.63, 3.8) is 0 Å². The second-order valence-electron chi connectivity index (χ2n) is 10.7. The zero-order chi connectivity index (χ0) is 32.7. The van der Waals surface area contributed by atoms with Crippen molar-refractivity contribution in [2.45, 2.75) is 6.42 Å². The Hall–Kier alpha value is -5.30. The number of hydrogen-bond donors (Lipinski definition) is 1. The van der Waals surface area contributed by atoms with Gasteiger partial charge in [-0.05, 0) is 66.6 Å². The molecule has 0 radical (unpaired) electrons. The van der Waals surface area contributed by atoms with Crippen molar-refractivity contribution in [3.8, 4) is 28.3 Å². The van der Waals surface area contributed by atoms with E-state index in [9.17, 15) is 26.8 Å². The Bertz CT molecular complexity index is 2100. The number of nitrogens with zero attached hydrogens (tertiary/aromatic N) is 3. The zero-order valence-corrected chi connectivity index (χ0v) is 25.8. The van der Waals surface area contributed by atoms with Gasteiger partial charge in [-0.2, -0.15) is 0 Å². The van der Waals surface area contributed by atoms with Gasteiger partial charge in [0.05, 0.1) is 23.2 Å². The first-order valence-corrected chi connectivity index (χ1v) is 16.0. The fraction of sp³-hybridized carbons (Fsp3) is 0.182. The average molecular weight is 647 g/mol. The number of carbonyl (C=O) groups is 2. The molecule has 1 aliphatic heterocycles. The van der Waals surface area contributed by atoms with Gasteiger partial charge in [-0.1, -0.05) is 12.1 Å². The molecule has 0 fully saturated rings. The highest BCUT2D eigenvalue weighted by Gasteiger charge is 2.30. The molecular weight excluding hydrogens is 618 g/mol. The van der Waals surface area contributed by atoms with E-state index in [1.807, 2.05) is 0 Å². The molecule has 0 spiro atoms. The Morgan fingerprint density at radius 1 is 1.02 bits per heavy atom. The number of pyridine rings is 1. The summed E-state index contributed by atoms with van der Waals surface area (Å²) in [5, 5.41) is 2.95. The van der Waals surface area contributed by atoms with Crippen LogP contribution in [0.4, 0.5) is 14.5 Å². The van der Waals surface area contributed by atoms with Crippen LogP contribution in [0.15, 0.2) is 77.2 Å². The molecule has 3 aromatic carbocycles. The summed E-state index contributed by atoms with van der Waals surface area (Å²) in [6.07, 6.45) is 1.50. The van der Waals surface area contributed by atoms with E-state index >= 15 is 0 Å². The number of sulfonamides is 1. The molecule has 0 unspecified atom stereocenters. The number of benzene rings is 3. The van der Waals surface area contributed by atoms with Gasteiger partial charge in [-0.25, -0.2) is 22.2 Å². The van der Waals surface area contributed by atoms with Crippen LogP contribution in [-0.2, 0) is 16.4 Å². The van der Waals surface area contributed by atoms with Gasteiger partial charge >= 0.3 is 0 Å². The smallest absolute Gasteiger partial charge is 0.278 e. The van der Waals surface area contributed by atoms with Crippen molar-refractivity contribution in [3.05, 3.63) is 101 Å². The largest absolute Gasteiger partial charge is 0.471 e. The molecule has 0 atom stereocenters. The Labute approximate surface area is 263 Å². The van der Waals surface area contributed by atoms with E-state index in [1.54, 1.807) is 30.3 Å². The Kier molecular flexibility index (Phi) is 7.94. The quantitative estimate of drug-likeness (QED) is 0.245. The summed E-state index contributed by atoms with van der Waals surface area (Å²) < 4.78 is 65.5. The van der Waals surface area contributed by atoms with Crippen LogP contribution < -0.4 is 14.4 Å². The summed E-state index contributed by atoms with van der Waals surface area (Å²) in [7, 11) is -0.962. The first-order valence-electron chi connectivity index (χ1n) is 14.1. The molecule has 0 saturated carbocycles. The second-order valence-corrected chi connectivity index (χ2v) is 12.8. The monoisotopic (exact) mass is 646 g/mol. The molecule has 5 aromatic rings. The zero-order valence-electron chi connectivity index (χ0n) is 25.0. The molecule has 3 heterocycles. The van der Waals surface area contributed by atoms with E-state index in [0.29, 0.717) is 29.5 Å². The van der Waals surface area contributed by atoms with Crippen molar-refractivity contribution in [1.29, 1.82) is 0 Å². The lowest BCUT2D eigenvalue weighted by Gasteiger charge is -2.28. The number of carbonyl (C=O) groups excluding carboxylic acids is 2. The van der Waals surface area contributed by atoms with Crippen LogP contribution in [0, 0.1) is 11.6 Å². The van der Waals surface area contributed by atoms with Crippen LogP contribution in [-0.4, -0.2) is 63.7 Å². The van der Waals surface area contributed by atoms with E-state index < -0.39 is 27.7 Å². The minimum absolute atomic E-state index is 0.00124. The maximum atomic E-state index is 13.7. The van der Waals surface area contributed by atoms with Crippen molar-refractivity contribution in [1.82, 2.24) is 15.2 Å². The Morgan fingerprint density at radius 2 is 1.70 bits per heavy atom. The number of nitrogens with one attached hydrogen (secondary N) is 1. The van der Waals surface area contributed by atoms with Crippen LogP contribution in [0.3, 0.4) is 0 Å². The molecule has 1 N–H and O–H groups in total. The third-order valence-electron chi connectivity index (χ3n) is 7.79. The number of hydrogen-bond acceptors (Lipinski definition) is 7. The van der Waals surface area contributed by atoms with Gasteiger partial charge < -0.3 is 19.4 Å². The third-order valence-corrected chi connectivity index (χ3v) is 8.98. The first-order chi connectivity index (χ1) is 21.9. The van der Waals surface area contributed by atoms with Gasteiger partial charge in [-0.15, -0.1) is 0 Å². The Balaban J connectivity index is 1.47. The van der Waals surface area contributed by atoms with E-state index in [1.165, 1.54) is 61.5 Å². The van der Waals surface area contributed by atoms with Crippen molar-refractivity contribution in [2.75, 3.05) is 37.9 Å². The minimum atomic E-state index is -3.79. The predicted octanol–water partition coefficient (Wildman–Crippen LogP) is 5.23. The highest BCUT2D eigenvalue weighted by molar-refractivity contribution is 7.92. The lowest BCUT2D eigenvalue weighted by Crippen LogP contribution is -2.40. The molecule has 0 saturated heterocycles. The van der Waals surface area contributed by atoms with Gasteiger partial charge in [0.1, 0.15) is 23.0 Å². The van der Waals surface area contributed by atoms with Crippen molar-refractivity contribution >= 4 is 38.5 Å². The molecule has 2 aromatic heterocycles. The average Bonchev–Trinajstić information content (AvgIpc) is 3.42. The van der Waals surface area contributed by atoms with Crippen molar-refractivity contribution < 1.29 is 35.9 Å². The molecule has 13 heteroatoms. The number of halogens is 2. The molecule has 236 valence electrons. The molecule has 0 aliphatic carbocycles. The van der Waals surface area contributed by atoms with E-state index in [-0.39, 0.29) is 52.3 Å². The van der Waals surface area contributed by atoms with Gasteiger partial charge in [0.25, 0.3) is 11.8 Å². The van der Waals surface area contributed by atoms with Gasteiger partial charge in [0.15, 0.2) is 18.2 Å². The van der Waals surface area contributed by atoms with Gasteiger partial charge in [-0.3, -0.25) is 13.9 Å². The number of anilines is 1. The number of amides is 2. The summed E-state index contributed by atoms with van der Waals surface area (Å²) >= 11 is 0. The summed E-state index contributed by atoms with van der Waals surface area (Å²) in [4.78, 5) is 32.8. The Morgan fingerprint density at radius 3 is 2.35 bits per heavy atom. The third kappa shape index (κ3) is 5.76. The van der Waals surface area contributed by atoms with E-state index in [0.717, 1.165) is 16.1 Å². The number of aromatic nitrogens is 1. The number of rotatable bonds is 8. The maximum absolute atomic E-state index is 13.7. The van der Waals surface area contributed by atoms with Crippen LogP contribution >= 0.6 is 0 Å².